The Morgan fingerprint density at radius 3 is 2.46 bits per heavy atom. The number of amides is 1. The molecule has 0 N–H and O–H groups in total. The van der Waals surface area contributed by atoms with Gasteiger partial charge in [-0.25, -0.2) is 0 Å². The Morgan fingerprint density at radius 1 is 1.46 bits per heavy atom. The van der Waals surface area contributed by atoms with Crippen LogP contribution in [-0.4, -0.2) is 28.7 Å². The molecular formula is C10H18BrNO. The molecule has 1 heterocycles. The van der Waals surface area contributed by atoms with Crippen molar-refractivity contribution in [3.8, 4) is 0 Å². The molecule has 1 amide bonds. The third kappa shape index (κ3) is 3.67. The molecule has 2 nitrogen and oxygen atoms in total. The van der Waals surface area contributed by atoms with Gasteiger partial charge in [-0.05, 0) is 18.8 Å². The first kappa shape index (κ1) is 11.0. The topological polar surface area (TPSA) is 20.3 Å². The first-order valence-corrected chi connectivity index (χ1v) is 5.93. The Morgan fingerprint density at radius 2 is 2.00 bits per heavy atom. The fourth-order valence-electron chi connectivity index (χ4n) is 1.58. The predicted octanol–water partition coefficient (Wildman–Crippen LogP) is 2.42. The van der Waals surface area contributed by atoms with Crippen LogP contribution in [0.3, 0.4) is 0 Å². The molecule has 1 aliphatic rings. The van der Waals surface area contributed by atoms with Crippen molar-refractivity contribution < 1.29 is 4.79 Å². The van der Waals surface area contributed by atoms with Crippen molar-refractivity contribution in [3.05, 3.63) is 0 Å². The molecule has 13 heavy (non-hydrogen) atoms. The summed E-state index contributed by atoms with van der Waals surface area (Å²) < 4.78 is 0. The van der Waals surface area contributed by atoms with E-state index in [1.165, 1.54) is 0 Å². The minimum absolute atomic E-state index is 0.328. The Labute approximate surface area is 88.8 Å². The minimum Gasteiger partial charge on any atom is -0.343 e. The van der Waals surface area contributed by atoms with Crippen LogP contribution < -0.4 is 0 Å². The van der Waals surface area contributed by atoms with Crippen LogP contribution in [0.25, 0.3) is 0 Å². The molecule has 0 saturated carbocycles. The van der Waals surface area contributed by atoms with E-state index >= 15 is 0 Å². The van der Waals surface area contributed by atoms with Crippen LogP contribution in [0.5, 0.6) is 0 Å². The van der Waals surface area contributed by atoms with Gasteiger partial charge < -0.3 is 4.90 Å². The smallest absolute Gasteiger partial charge is 0.222 e. The van der Waals surface area contributed by atoms with E-state index in [0.717, 1.165) is 25.9 Å². The van der Waals surface area contributed by atoms with Crippen LogP contribution >= 0.6 is 15.9 Å². The van der Waals surface area contributed by atoms with Gasteiger partial charge in [0.15, 0.2) is 0 Å². The van der Waals surface area contributed by atoms with E-state index in [1.807, 2.05) is 4.90 Å². The molecule has 0 spiro atoms. The van der Waals surface area contributed by atoms with E-state index in [4.69, 9.17) is 0 Å². The average molecular weight is 248 g/mol. The summed E-state index contributed by atoms with van der Waals surface area (Å²) >= 11 is 3.58. The highest BCUT2D eigenvalue weighted by Crippen LogP contribution is 2.18. The molecule has 0 aromatic carbocycles. The molecule has 0 bridgehead atoms. The number of hydrogen-bond acceptors (Lipinski definition) is 1. The van der Waals surface area contributed by atoms with Crippen LogP contribution in [0.1, 0.15) is 33.1 Å². The predicted molar refractivity (Wildman–Crippen MR) is 58.0 cm³/mol. The zero-order valence-electron chi connectivity index (χ0n) is 8.42. The van der Waals surface area contributed by atoms with Crippen molar-refractivity contribution in [3.63, 3.8) is 0 Å². The summed E-state index contributed by atoms with van der Waals surface area (Å²) in [7, 11) is 0. The van der Waals surface area contributed by atoms with Gasteiger partial charge in [0.25, 0.3) is 0 Å². The van der Waals surface area contributed by atoms with E-state index in [-0.39, 0.29) is 0 Å². The van der Waals surface area contributed by atoms with Gasteiger partial charge in [-0.2, -0.15) is 0 Å². The maximum atomic E-state index is 11.6. The third-order valence-corrected chi connectivity index (χ3v) is 3.28. The number of carbonyl (C=O) groups is 1. The molecule has 1 rings (SSSR count). The second-order valence-corrected chi connectivity index (χ2v) is 5.45. The molecule has 76 valence electrons. The minimum atomic E-state index is 0.328. The van der Waals surface area contributed by atoms with Crippen molar-refractivity contribution in [2.45, 2.75) is 37.9 Å². The molecule has 0 aromatic heterocycles. The molecule has 1 saturated heterocycles. The lowest BCUT2D eigenvalue weighted by Gasteiger charge is -2.30. The molecule has 0 aliphatic carbocycles. The number of likely N-dealkylation sites (tertiary alicyclic amines) is 1. The lowest BCUT2D eigenvalue weighted by Crippen LogP contribution is -2.39. The van der Waals surface area contributed by atoms with Gasteiger partial charge in [0, 0.05) is 24.3 Å². The number of rotatable bonds is 2. The highest BCUT2D eigenvalue weighted by Gasteiger charge is 2.21. The zero-order valence-corrected chi connectivity index (χ0v) is 10.0. The summed E-state index contributed by atoms with van der Waals surface area (Å²) in [4.78, 5) is 14.2. The second-order valence-electron chi connectivity index (χ2n) is 4.15. The number of alkyl halides is 1. The Hall–Kier alpha value is -0.0500. The number of halogens is 1. The average Bonchev–Trinajstić information content (AvgIpc) is 2.04. The summed E-state index contributed by atoms with van der Waals surface area (Å²) in [6.45, 7) is 6.05. The van der Waals surface area contributed by atoms with Gasteiger partial charge in [-0.3, -0.25) is 4.79 Å². The van der Waals surface area contributed by atoms with Crippen LogP contribution in [0.2, 0.25) is 0 Å². The normalized spacial score (nSPS) is 19.5. The van der Waals surface area contributed by atoms with Gasteiger partial charge in [0.05, 0.1) is 0 Å². The maximum absolute atomic E-state index is 11.6. The van der Waals surface area contributed by atoms with Crippen molar-refractivity contribution in [2.75, 3.05) is 13.1 Å². The highest BCUT2D eigenvalue weighted by molar-refractivity contribution is 9.09. The third-order valence-electron chi connectivity index (χ3n) is 2.36. The Balaban J connectivity index is 2.31. The second kappa shape index (κ2) is 4.99. The lowest BCUT2D eigenvalue weighted by molar-refractivity contribution is -0.132. The van der Waals surface area contributed by atoms with Crippen molar-refractivity contribution >= 4 is 21.8 Å². The maximum Gasteiger partial charge on any atom is 0.222 e. The number of nitrogens with zero attached hydrogens (tertiary/aromatic N) is 1. The van der Waals surface area contributed by atoms with Crippen LogP contribution in [-0.2, 0) is 4.79 Å². The van der Waals surface area contributed by atoms with E-state index in [2.05, 4.69) is 29.8 Å². The largest absolute Gasteiger partial charge is 0.343 e. The molecular weight excluding hydrogens is 230 g/mol. The Bertz CT molecular complexity index is 174. The highest BCUT2D eigenvalue weighted by atomic mass is 79.9. The van der Waals surface area contributed by atoms with E-state index in [0.29, 0.717) is 23.1 Å². The quantitative estimate of drug-likeness (QED) is 0.687. The molecule has 1 fully saturated rings. The standard InChI is InChI=1S/C10H18BrNO/c1-8(2)7-10(13)12-5-3-9(11)4-6-12/h8-9H,3-7H2,1-2H3. The van der Waals surface area contributed by atoms with E-state index in [1.54, 1.807) is 0 Å². The number of hydrogen-bond donors (Lipinski definition) is 0. The van der Waals surface area contributed by atoms with Gasteiger partial charge in [-0.15, -0.1) is 0 Å². The van der Waals surface area contributed by atoms with Crippen LogP contribution in [0.4, 0.5) is 0 Å². The van der Waals surface area contributed by atoms with Crippen molar-refractivity contribution in [1.29, 1.82) is 0 Å². The lowest BCUT2D eigenvalue weighted by atomic mass is 10.1. The molecule has 1 aliphatic heterocycles. The van der Waals surface area contributed by atoms with E-state index < -0.39 is 0 Å². The number of carbonyl (C=O) groups excluding carboxylic acids is 1. The van der Waals surface area contributed by atoms with E-state index in [9.17, 15) is 4.79 Å². The molecule has 0 unspecified atom stereocenters. The van der Waals surface area contributed by atoms with Crippen LogP contribution in [0, 0.1) is 5.92 Å². The SMILES string of the molecule is CC(C)CC(=O)N1CCC(Br)CC1. The Kier molecular flexibility index (Phi) is 4.23. The fraction of sp³-hybridized carbons (Fsp3) is 0.900. The summed E-state index contributed by atoms with van der Waals surface area (Å²) in [6.07, 6.45) is 2.90. The first-order valence-electron chi connectivity index (χ1n) is 5.01. The van der Waals surface area contributed by atoms with Crippen molar-refractivity contribution in [1.82, 2.24) is 4.90 Å². The van der Waals surface area contributed by atoms with Gasteiger partial charge in [-0.1, -0.05) is 29.8 Å². The molecule has 0 aromatic rings. The zero-order chi connectivity index (χ0) is 9.84. The van der Waals surface area contributed by atoms with Gasteiger partial charge in [0.1, 0.15) is 0 Å². The molecule has 3 heteroatoms. The van der Waals surface area contributed by atoms with Gasteiger partial charge >= 0.3 is 0 Å². The van der Waals surface area contributed by atoms with Gasteiger partial charge in [0.2, 0.25) is 5.91 Å². The monoisotopic (exact) mass is 247 g/mol. The molecule has 0 atom stereocenters. The summed E-state index contributed by atoms with van der Waals surface area (Å²) in [5.74, 6) is 0.809. The van der Waals surface area contributed by atoms with Crippen LogP contribution in [0.15, 0.2) is 0 Å². The molecule has 0 radical (unpaired) electrons. The number of piperidine rings is 1. The summed E-state index contributed by atoms with van der Waals surface area (Å²) in [5.41, 5.74) is 0. The fourth-order valence-corrected chi connectivity index (χ4v) is 1.99. The van der Waals surface area contributed by atoms with Crippen molar-refractivity contribution in [2.24, 2.45) is 5.92 Å². The first-order chi connectivity index (χ1) is 6.09. The summed E-state index contributed by atoms with van der Waals surface area (Å²) in [6, 6.07) is 0. The summed E-state index contributed by atoms with van der Waals surface area (Å²) in [5, 5.41) is 0.